The van der Waals surface area contributed by atoms with Gasteiger partial charge in [-0.25, -0.2) is 0 Å². The maximum Gasteiger partial charge on any atom is 0.232 e. The van der Waals surface area contributed by atoms with E-state index in [1.165, 1.54) is 5.57 Å². The van der Waals surface area contributed by atoms with E-state index in [0.29, 0.717) is 31.5 Å². The van der Waals surface area contributed by atoms with Crippen molar-refractivity contribution in [1.29, 1.82) is 0 Å². The lowest BCUT2D eigenvalue weighted by molar-refractivity contribution is -0.130. The molecule has 1 heterocycles. The number of aliphatic hydroxyl groups is 1. The largest absolute Gasteiger partial charge is 0.501 e. The number of aliphatic hydroxyl groups excluding tert-OH is 1. The predicted octanol–water partition coefficient (Wildman–Crippen LogP) is 5.24. The second-order valence-electron chi connectivity index (χ2n) is 10.1. The van der Waals surface area contributed by atoms with E-state index < -0.39 is 6.10 Å². The zero-order valence-corrected chi connectivity index (χ0v) is 22.1. The number of benzene rings is 2. The second-order valence-corrected chi connectivity index (χ2v) is 10.1. The van der Waals surface area contributed by atoms with Crippen molar-refractivity contribution in [3.63, 3.8) is 0 Å². The Morgan fingerprint density at radius 2 is 1.87 bits per heavy atom. The summed E-state index contributed by atoms with van der Waals surface area (Å²) in [7, 11) is 1.69. The first kappa shape index (κ1) is 27.6. The molecule has 0 aromatic heterocycles. The van der Waals surface area contributed by atoms with Gasteiger partial charge in [0.15, 0.2) is 0 Å². The molecule has 3 atom stereocenters. The lowest BCUT2D eigenvalue weighted by Gasteiger charge is -2.48. The number of carbonyl (C=O) groups is 2. The Bertz CT molecular complexity index is 1140. The number of unbranched alkanes of at least 4 members (excludes halogenated alkanes) is 1. The summed E-state index contributed by atoms with van der Waals surface area (Å²) in [6.07, 6.45) is 9.29. The van der Waals surface area contributed by atoms with Crippen molar-refractivity contribution in [2.75, 3.05) is 23.9 Å². The average Bonchev–Trinajstić information content (AvgIpc) is 2.94. The fourth-order valence-electron chi connectivity index (χ4n) is 5.28. The van der Waals surface area contributed by atoms with Gasteiger partial charge in [-0.2, -0.15) is 0 Å². The maximum absolute atomic E-state index is 13.4. The summed E-state index contributed by atoms with van der Waals surface area (Å²) in [6.45, 7) is 0.583. The molecule has 7 nitrogen and oxygen atoms in total. The van der Waals surface area contributed by atoms with Crippen LogP contribution in [0.25, 0.3) is 0 Å². The number of nitrogens with two attached hydrogens (primary N) is 1. The molecule has 202 valence electrons. The first-order valence-electron chi connectivity index (χ1n) is 13.6. The summed E-state index contributed by atoms with van der Waals surface area (Å²) in [4.78, 5) is 27.4. The van der Waals surface area contributed by atoms with Gasteiger partial charge in [-0.05, 0) is 81.0 Å². The molecule has 0 saturated carbocycles. The number of hydrogen-bond donors (Lipinski definition) is 3. The SMILES string of the molecule is COC1=CC=C(CC2[C@@H](CCC(O)c3ccccc3)C(=O)N2c2ccc(NC(=O)CCCCN)cc2)CC1. The Morgan fingerprint density at radius 3 is 2.53 bits per heavy atom. The zero-order valence-electron chi connectivity index (χ0n) is 22.1. The smallest absolute Gasteiger partial charge is 0.232 e. The van der Waals surface area contributed by atoms with Crippen molar-refractivity contribution < 1.29 is 19.4 Å². The number of rotatable bonds is 13. The summed E-state index contributed by atoms with van der Waals surface area (Å²) in [5.74, 6) is 0.870. The van der Waals surface area contributed by atoms with Gasteiger partial charge < -0.3 is 25.8 Å². The van der Waals surface area contributed by atoms with Crippen LogP contribution in [0.2, 0.25) is 0 Å². The second kappa shape index (κ2) is 13.4. The van der Waals surface area contributed by atoms with E-state index in [4.69, 9.17) is 10.5 Å². The molecule has 2 aliphatic rings. The molecule has 1 aliphatic heterocycles. The van der Waals surface area contributed by atoms with Crippen molar-refractivity contribution >= 4 is 23.2 Å². The summed E-state index contributed by atoms with van der Waals surface area (Å²) >= 11 is 0. The number of allylic oxidation sites excluding steroid dienone is 3. The number of ether oxygens (including phenoxy) is 1. The number of amides is 2. The van der Waals surface area contributed by atoms with E-state index in [1.807, 2.05) is 65.6 Å². The highest BCUT2D eigenvalue weighted by Crippen LogP contribution is 2.41. The van der Waals surface area contributed by atoms with Crippen molar-refractivity contribution in [1.82, 2.24) is 0 Å². The summed E-state index contributed by atoms with van der Waals surface area (Å²) in [6, 6.07) is 17.1. The molecule has 2 unspecified atom stereocenters. The van der Waals surface area contributed by atoms with E-state index in [-0.39, 0.29) is 23.8 Å². The molecule has 0 radical (unpaired) electrons. The molecule has 0 bridgehead atoms. The van der Waals surface area contributed by atoms with Gasteiger partial charge in [-0.15, -0.1) is 0 Å². The van der Waals surface area contributed by atoms with Gasteiger partial charge in [0.25, 0.3) is 0 Å². The Balaban J connectivity index is 1.44. The Kier molecular flexibility index (Phi) is 9.73. The van der Waals surface area contributed by atoms with E-state index in [9.17, 15) is 14.7 Å². The molecule has 1 aliphatic carbocycles. The number of carbonyl (C=O) groups excluding carboxylic acids is 2. The highest BCUT2D eigenvalue weighted by atomic mass is 16.5. The van der Waals surface area contributed by atoms with Crippen LogP contribution in [0, 0.1) is 5.92 Å². The summed E-state index contributed by atoms with van der Waals surface area (Å²) in [5.41, 5.74) is 9.22. The molecule has 2 amide bonds. The third-order valence-electron chi connectivity index (χ3n) is 7.50. The Labute approximate surface area is 225 Å². The number of nitrogens with one attached hydrogen (secondary N) is 1. The van der Waals surface area contributed by atoms with Crippen LogP contribution in [0.4, 0.5) is 11.4 Å². The topological polar surface area (TPSA) is 105 Å². The summed E-state index contributed by atoms with van der Waals surface area (Å²) in [5, 5.41) is 13.6. The minimum absolute atomic E-state index is 0.0194. The molecule has 7 heteroatoms. The molecular formula is C31H39N3O4. The van der Waals surface area contributed by atoms with E-state index in [1.54, 1.807) is 7.11 Å². The van der Waals surface area contributed by atoms with E-state index >= 15 is 0 Å². The number of nitrogens with zero attached hydrogens (tertiary/aromatic N) is 1. The number of anilines is 2. The molecule has 2 aromatic rings. The summed E-state index contributed by atoms with van der Waals surface area (Å²) < 4.78 is 5.37. The number of hydrogen-bond acceptors (Lipinski definition) is 5. The highest BCUT2D eigenvalue weighted by molar-refractivity contribution is 6.03. The monoisotopic (exact) mass is 517 g/mol. The van der Waals surface area contributed by atoms with Crippen molar-refractivity contribution in [3.8, 4) is 0 Å². The average molecular weight is 518 g/mol. The normalized spacial score (nSPS) is 19.8. The van der Waals surface area contributed by atoms with E-state index in [2.05, 4.69) is 11.4 Å². The van der Waals surface area contributed by atoms with Gasteiger partial charge in [-0.3, -0.25) is 9.59 Å². The quantitative estimate of drug-likeness (QED) is 0.249. The fourth-order valence-corrected chi connectivity index (χ4v) is 5.28. The molecule has 0 spiro atoms. The van der Waals surface area contributed by atoms with Crippen LogP contribution in [0.3, 0.4) is 0 Å². The minimum Gasteiger partial charge on any atom is -0.501 e. The van der Waals surface area contributed by atoms with Crippen molar-refractivity contribution in [3.05, 3.63) is 83.6 Å². The first-order valence-corrected chi connectivity index (χ1v) is 13.6. The molecule has 4 rings (SSSR count). The van der Waals surface area contributed by atoms with Crippen LogP contribution in [0.5, 0.6) is 0 Å². The molecule has 1 fully saturated rings. The van der Waals surface area contributed by atoms with Crippen LogP contribution in [-0.2, 0) is 14.3 Å². The van der Waals surface area contributed by atoms with Gasteiger partial charge in [0.05, 0.1) is 30.9 Å². The van der Waals surface area contributed by atoms with Crippen LogP contribution in [0.15, 0.2) is 78.1 Å². The van der Waals surface area contributed by atoms with Crippen molar-refractivity contribution in [2.24, 2.45) is 11.7 Å². The molecule has 4 N–H and O–H groups in total. The number of methoxy groups -OCH3 is 1. The standard InChI is InChI=1S/C31H39N3O4/c1-38-26-16-10-22(11-17-26)21-28-27(18-19-29(35)23-7-3-2-4-8-23)31(37)34(28)25-14-12-24(13-15-25)33-30(36)9-5-6-20-32/h2-4,7-8,10,12-16,27-29,35H,5-6,9,11,17-21,32H2,1H3,(H,33,36)/t27-,28?,29?/m1/s1. The van der Waals surface area contributed by atoms with Crippen molar-refractivity contribution in [2.45, 2.75) is 63.5 Å². The third-order valence-corrected chi connectivity index (χ3v) is 7.50. The van der Waals surface area contributed by atoms with Crippen LogP contribution in [-0.4, -0.2) is 36.6 Å². The molecule has 38 heavy (non-hydrogen) atoms. The van der Waals surface area contributed by atoms with Crippen LogP contribution in [0.1, 0.15) is 63.0 Å². The Morgan fingerprint density at radius 1 is 1.11 bits per heavy atom. The van der Waals surface area contributed by atoms with Crippen LogP contribution < -0.4 is 16.0 Å². The predicted molar refractivity (Wildman–Crippen MR) is 150 cm³/mol. The zero-order chi connectivity index (χ0) is 26.9. The van der Waals surface area contributed by atoms with Gasteiger partial charge >= 0.3 is 0 Å². The third kappa shape index (κ3) is 6.91. The number of β-lactam (4-membered cyclic amide) rings is 1. The van der Waals surface area contributed by atoms with Gasteiger partial charge in [0.1, 0.15) is 0 Å². The molecule has 2 aromatic carbocycles. The molecular weight excluding hydrogens is 478 g/mol. The van der Waals surface area contributed by atoms with Crippen LogP contribution >= 0.6 is 0 Å². The fraction of sp³-hybridized carbons (Fsp3) is 0.419. The molecule has 1 saturated heterocycles. The Hall–Kier alpha value is -3.42. The van der Waals surface area contributed by atoms with Gasteiger partial charge in [0.2, 0.25) is 11.8 Å². The van der Waals surface area contributed by atoms with Gasteiger partial charge in [-0.1, -0.05) is 42.0 Å². The highest BCUT2D eigenvalue weighted by Gasteiger charge is 2.47. The lowest BCUT2D eigenvalue weighted by atomic mass is 9.77. The minimum atomic E-state index is -0.590. The van der Waals surface area contributed by atoms with Gasteiger partial charge in [0, 0.05) is 24.2 Å². The maximum atomic E-state index is 13.4. The first-order chi connectivity index (χ1) is 18.5. The lowest BCUT2D eigenvalue weighted by Crippen LogP contribution is -2.61. The van der Waals surface area contributed by atoms with E-state index in [0.717, 1.165) is 49.1 Å².